The minimum absolute atomic E-state index is 0.806. The molecule has 8 heteroatoms. The van der Waals surface area contributed by atoms with Gasteiger partial charge in [0.2, 0.25) is 0 Å². The monoisotopic (exact) mass is 327 g/mol. The Morgan fingerprint density at radius 3 is 1.10 bits per heavy atom. The van der Waals surface area contributed by atoms with Gasteiger partial charge in [-0.15, -0.1) is 0 Å². The van der Waals surface area contributed by atoms with E-state index < -0.39 is 36.3 Å². The average molecular weight is 327 g/mol. The summed E-state index contributed by atoms with van der Waals surface area (Å²) in [5.41, 5.74) is 0. The highest BCUT2D eigenvalue weighted by Gasteiger charge is 2.67. The van der Waals surface area contributed by atoms with E-state index in [-0.39, 0.29) is 0 Å². The minimum atomic E-state index is -5.48. The fourth-order valence-electron chi connectivity index (χ4n) is 1.84. The van der Waals surface area contributed by atoms with Crippen LogP contribution in [0.3, 0.4) is 0 Å². The molecule has 0 aromatic carbocycles. The first-order valence-corrected chi connectivity index (χ1v) is 8.18. The van der Waals surface area contributed by atoms with Crippen molar-refractivity contribution >= 4 is 7.49 Å². The maximum atomic E-state index is 12.7. The molecule has 0 aliphatic carbocycles. The van der Waals surface area contributed by atoms with Gasteiger partial charge in [0.25, 0.3) is 6.10 Å². The van der Waals surface area contributed by atoms with Gasteiger partial charge in [-0.3, -0.25) is 0 Å². The largest absolute Gasteiger partial charge is 0.427 e. The zero-order chi connectivity index (χ0) is 16.8. The summed E-state index contributed by atoms with van der Waals surface area (Å²) < 4.78 is 80.9. The van der Waals surface area contributed by atoms with Crippen molar-refractivity contribution in [2.75, 3.05) is 6.66 Å². The van der Waals surface area contributed by atoms with Gasteiger partial charge >= 0.3 is 12.4 Å². The molecule has 0 spiro atoms. The van der Waals surface area contributed by atoms with E-state index in [0.717, 1.165) is 0 Å². The van der Waals surface area contributed by atoms with Gasteiger partial charge in [-0.25, -0.2) is 4.52 Å². The molecule has 1 nitrogen and oxygen atoms in total. The van der Waals surface area contributed by atoms with Gasteiger partial charge in [-0.05, 0) is 41.5 Å². The molecule has 0 N–H and O–H groups in total. The third-order valence-electron chi connectivity index (χ3n) is 3.47. The van der Waals surface area contributed by atoms with E-state index in [4.69, 9.17) is 4.52 Å². The molecule has 122 valence electrons. The second-order valence-electron chi connectivity index (χ2n) is 6.83. The molecule has 0 aromatic heterocycles. The lowest BCUT2D eigenvalue weighted by atomic mass is 10.2. The highest BCUT2D eigenvalue weighted by molar-refractivity contribution is 7.73. The van der Waals surface area contributed by atoms with Crippen molar-refractivity contribution in [2.24, 2.45) is 0 Å². The van der Waals surface area contributed by atoms with Crippen LogP contribution in [-0.4, -0.2) is 35.4 Å². The molecule has 0 radical (unpaired) electrons. The van der Waals surface area contributed by atoms with E-state index >= 15 is 0 Å². The highest BCUT2D eigenvalue weighted by Crippen LogP contribution is 2.76. The Bertz CT molecular complexity index is 306. The molecule has 0 saturated heterocycles. The van der Waals surface area contributed by atoms with Crippen LogP contribution >= 0.6 is 7.49 Å². The molecule has 0 bridgehead atoms. The predicted molar refractivity (Wildman–Crippen MR) is 69.3 cm³/mol. The Morgan fingerprint density at radius 1 is 0.700 bits per heavy atom. The van der Waals surface area contributed by atoms with Crippen LogP contribution in [0.2, 0.25) is 0 Å². The molecule has 0 aliphatic heterocycles. The first-order chi connectivity index (χ1) is 8.34. The summed E-state index contributed by atoms with van der Waals surface area (Å²) >= 11 is 0. The molecular weight excluding hydrogens is 305 g/mol. The van der Waals surface area contributed by atoms with Crippen LogP contribution in [0.15, 0.2) is 0 Å². The fourth-order valence-corrected chi connectivity index (χ4v) is 5.14. The van der Waals surface area contributed by atoms with Gasteiger partial charge in [0.05, 0.1) is 17.0 Å². The second-order valence-corrected chi connectivity index (χ2v) is 11.6. The first kappa shape index (κ1) is 20.0. The normalized spacial score (nSPS) is 15.9. The third kappa shape index (κ3) is 4.23. The van der Waals surface area contributed by atoms with Gasteiger partial charge in [-0.2, -0.15) is 26.3 Å². The van der Waals surface area contributed by atoms with Crippen molar-refractivity contribution in [3.8, 4) is 0 Å². The standard InChI is InChI=1S/C12H22F6OP/c1-9(2,3)20(7,10(4,5)6)19-8(11(13,14)15)12(16,17)18/h8H,1-7H3/q+1. The van der Waals surface area contributed by atoms with Crippen LogP contribution in [0.5, 0.6) is 0 Å². The van der Waals surface area contributed by atoms with Crippen LogP contribution in [0.25, 0.3) is 0 Å². The molecule has 0 unspecified atom stereocenters. The van der Waals surface area contributed by atoms with Crippen molar-refractivity contribution < 1.29 is 30.9 Å². The van der Waals surface area contributed by atoms with Crippen LogP contribution in [0.4, 0.5) is 26.3 Å². The molecule has 0 aromatic rings. The molecule has 0 atom stereocenters. The van der Waals surface area contributed by atoms with E-state index in [1.807, 2.05) is 0 Å². The zero-order valence-electron chi connectivity index (χ0n) is 12.7. The molecule has 0 saturated carbocycles. The maximum Gasteiger partial charge on any atom is 0.427 e. The number of hydrogen-bond donors (Lipinski definition) is 0. The van der Waals surface area contributed by atoms with Crippen molar-refractivity contribution in [3.63, 3.8) is 0 Å². The fraction of sp³-hybridized carbons (Fsp3) is 1.00. The van der Waals surface area contributed by atoms with E-state index in [2.05, 4.69) is 0 Å². The van der Waals surface area contributed by atoms with E-state index in [9.17, 15) is 26.3 Å². The summed E-state index contributed by atoms with van der Waals surface area (Å²) in [6.07, 6.45) is -14.7. The lowest BCUT2D eigenvalue weighted by Gasteiger charge is -2.44. The Kier molecular flexibility index (Phi) is 5.30. The van der Waals surface area contributed by atoms with Crippen molar-refractivity contribution in [2.45, 2.75) is 70.3 Å². The van der Waals surface area contributed by atoms with Crippen LogP contribution < -0.4 is 0 Å². The summed E-state index contributed by atoms with van der Waals surface area (Å²) in [5.74, 6) is 0. The molecule has 0 fully saturated rings. The molecule has 0 aliphatic rings. The number of hydrogen-bond acceptors (Lipinski definition) is 1. The summed E-state index contributed by atoms with van der Waals surface area (Å²) in [6, 6.07) is 0. The maximum absolute atomic E-state index is 12.7. The Labute approximate surface area is 116 Å². The van der Waals surface area contributed by atoms with Crippen molar-refractivity contribution in [1.82, 2.24) is 0 Å². The lowest BCUT2D eigenvalue weighted by Crippen LogP contribution is -2.48. The number of rotatable bonds is 2. The number of alkyl halides is 6. The average Bonchev–Trinajstić information content (AvgIpc) is 2.05. The second kappa shape index (κ2) is 5.31. The number of halogens is 6. The molecule has 20 heavy (non-hydrogen) atoms. The smallest absolute Gasteiger partial charge is 0.215 e. The van der Waals surface area contributed by atoms with Gasteiger partial charge in [-0.1, -0.05) is 0 Å². The topological polar surface area (TPSA) is 9.23 Å². The quantitative estimate of drug-likeness (QED) is 0.470. The van der Waals surface area contributed by atoms with E-state index in [0.29, 0.717) is 0 Å². The van der Waals surface area contributed by atoms with Gasteiger partial charge in [0, 0.05) is 0 Å². The van der Waals surface area contributed by atoms with Gasteiger partial charge in [0.1, 0.15) is 0 Å². The predicted octanol–water partition coefficient (Wildman–Crippen LogP) is 5.66. The summed E-state index contributed by atoms with van der Waals surface area (Å²) in [6.45, 7) is 11.0. The zero-order valence-corrected chi connectivity index (χ0v) is 13.6. The highest BCUT2D eigenvalue weighted by atomic mass is 31.2. The van der Waals surface area contributed by atoms with Crippen LogP contribution in [0, 0.1) is 0 Å². The SMILES string of the molecule is CC(C)(C)[P+](C)(OC(C(F)(F)F)C(F)(F)F)C(C)(C)C. The van der Waals surface area contributed by atoms with Gasteiger partial charge < -0.3 is 0 Å². The van der Waals surface area contributed by atoms with Crippen molar-refractivity contribution in [3.05, 3.63) is 0 Å². The van der Waals surface area contributed by atoms with E-state index in [1.165, 1.54) is 6.66 Å². The minimum Gasteiger partial charge on any atom is -0.215 e. The van der Waals surface area contributed by atoms with Crippen LogP contribution in [-0.2, 0) is 4.52 Å². The van der Waals surface area contributed by atoms with Crippen LogP contribution in [0.1, 0.15) is 41.5 Å². The Morgan fingerprint density at radius 2 is 0.950 bits per heavy atom. The summed E-state index contributed by atoms with van der Waals surface area (Å²) in [7, 11) is -3.03. The van der Waals surface area contributed by atoms with E-state index in [1.54, 1.807) is 41.5 Å². The lowest BCUT2D eigenvalue weighted by molar-refractivity contribution is -0.300. The van der Waals surface area contributed by atoms with Crippen molar-refractivity contribution in [1.29, 1.82) is 0 Å². The first-order valence-electron chi connectivity index (χ1n) is 6.02. The molecule has 0 heterocycles. The summed E-state index contributed by atoms with van der Waals surface area (Å²) in [4.78, 5) is 0. The Balaban J connectivity index is 5.80. The molecule has 0 amide bonds. The molecule has 0 rings (SSSR count). The Hall–Kier alpha value is -0.0300. The summed E-state index contributed by atoms with van der Waals surface area (Å²) in [5, 5.41) is -1.61. The molecular formula is C12H22F6OP+. The third-order valence-corrected chi connectivity index (χ3v) is 9.22. The van der Waals surface area contributed by atoms with Gasteiger partial charge in [0.15, 0.2) is 7.49 Å².